The number of esters is 1. The fraction of sp³-hybridized carbons (Fsp3) is 0.581. The maximum absolute atomic E-state index is 14.4. The molecule has 1 saturated carbocycles. The topological polar surface area (TPSA) is 160 Å². The number of nitrogens with one attached hydrogen (secondary N) is 1. The Morgan fingerprint density at radius 3 is 2.66 bits per heavy atom. The molecule has 1 saturated heterocycles. The van der Waals surface area contributed by atoms with Gasteiger partial charge in [0, 0.05) is 12.6 Å². The summed E-state index contributed by atoms with van der Waals surface area (Å²) >= 11 is 0. The molecule has 5 rings (SSSR count). The summed E-state index contributed by atoms with van der Waals surface area (Å²) in [5.74, 6) is -0.152. The first-order chi connectivity index (χ1) is 21.2. The lowest BCUT2D eigenvalue weighted by Crippen LogP contribution is -2.40. The zero-order chi connectivity index (χ0) is 31.3. The van der Waals surface area contributed by atoms with Gasteiger partial charge in [0.25, 0.3) is 0 Å². The largest absolute Gasteiger partial charge is 0.461 e. The van der Waals surface area contributed by atoms with E-state index in [-0.39, 0.29) is 12.5 Å². The first-order valence-electron chi connectivity index (χ1n) is 15.7. The molecule has 2 aromatic heterocycles. The third kappa shape index (κ3) is 7.43. The number of nitrogens with zero attached hydrogens (tertiary/aromatic N) is 3. The minimum Gasteiger partial charge on any atom is -0.461 e. The SMILES string of the molecule is CCC[C@H](NP(=O)(Oc1ccccc1)OC(C)[C@@H]1C[C@@H](O)[C@H](n2cnc3c(N)c(CC)cnc32)O1)C(=O)OC1CCCCC1. The summed E-state index contributed by atoms with van der Waals surface area (Å²) in [6.45, 7) is 5.63. The number of anilines is 1. The van der Waals surface area contributed by atoms with Crippen LogP contribution in [-0.2, 0) is 29.8 Å². The Hall–Kier alpha value is -3.02. The van der Waals surface area contributed by atoms with Gasteiger partial charge in [-0.2, -0.15) is 5.09 Å². The van der Waals surface area contributed by atoms with Crippen molar-refractivity contribution in [2.45, 2.75) is 115 Å². The Kier molecular flexibility index (Phi) is 10.6. The average molecular weight is 630 g/mol. The predicted molar refractivity (Wildman–Crippen MR) is 166 cm³/mol. The molecule has 1 aliphatic heterocycles. The molecule has 0 bridgehead atoms. The van der Waals surface area contributed by atoms with Crippen molar-refractivity contribution in [2.24, 2.45) is 0 Å². The molecule has 0 amide bonds. The maximum Gasteiger partial charge on any atom is 0.459 e. The molecule has 0 radical (unpaired) electrons. The highest BCUT2D eigenvalue weighted by Gasteiger charge is 2.43. The predicted octanol–water partition coefficient (Wildman–Crippen LogP) is 5.45. The summed E-state index contributed by atoms with van der Waals surface area (Å²) in [7, 11) is -4.16. The van der Waals surface area contributed by atoms with Crippen LogP contribution in [0.15, 0.2) is 42.9 Å². The number of benzene rings is 1. The number of nitrogen functional groups attached to an aromatic ring is 1. The van der Waals surface area contributed by atoms with Crippen LogP contribution in [0.4, 0.5) is 5.69 Å². The van der Waals surface area contributed by atoms with E-state index in [1.54, 1.807) is 48.3 Å². The van der Waals surface area contributed by atoms with Gasteiger partial charge in [-0.25, -0.2) is 14.5 Å². The van der Waals surface area contributed by atoms with E-state index in [9.17, 15) is 14.5 Å². The van der Waals surface area contributed by atoms with Crippen LogP contribution in [0.2, 0.25) is 0 Å². The van der Waals surface area contributed by atoms with Gasteiger partial charge in [0.1, 0.15) is 29.5 Å². The van der Waals surface area contributed by atoms with E-state index in [2.05, 4.69) is 15.1 Å². The number of pyridine rings is 1. The third-order valence-electron chi connectivity index (χ3n) is 8.29. The normalized spacial score (nSPS) is 23.7. The number of carbonyl (C=O) groups is 1. The van der Waals surface area contributed by atoms with Gasteiger partial charge in [-0.3, -0.25) is 13.9 Å². The minimum atomic E-state index is -4.16. The molecule has 2 unspecified atom stereocenters. The molecule has 12 nitrogen and oxygen atoms in total. The lowest BCUT2D eigenvalue weighted by molar-refractivity contribution is -0.153. The van der Waals surface area contributed by atoms with Crippen LogP contribution in [0.25, 0.3) is 11.2 Å². The standard InChI is InChI=1S/C31H44N5O7P/c1-4-12-24(31(38)40-22-13-8-6-9-14-22)35-44(39,43-23-15-10-7-11-16-23)42-20(3)26-17-25(37)30(41-26)36-19-34-28-27(32)21(5-2)18-33-29(28)36/h7,10-11,15-16,18-20,22,24-26,30,37H,4-6,8-9,12-14,17H2,1-3H3,(H2,32,33)(H,35,39)/t20?,24-,25+,26-,30+,44?/m0/s1. The molecule has 3 heterocycles. The number of carbonyl (C=O) groups excluding carboxylic acids is 1. The number of aromatic nitrogens is 3. The fourth-order valence-electron chi connectivity index (χ4n) is 5.86. The number of rotatable bonds is 13. The molecule has 1 aliphatic carbocycles. The number of para-hydroxylation sites is 1. The highest BCUT2D eigenvalue weighted by atomic mass is 31.2. The summed E-state index contributed by atoms with van der Waals surface area (Å²) in [4.78, 5) is 22.2. The fourth-order valence-corrected chi connectivity index (χ4v) is 7.61. The van der Waals surface area contributed by atoms with Crippen molar-refractivity contribution in [3.8, 4) is 5.75 Å². The van der Waals surface area contributed by atoms with Gasteiger partial charge in [0.05, 0.1) is 24.2 Å². The highest BCUT2D eigenvalue weighted by Crippen LogP contribution is 2.48. The van der Waals surface area contributed by atoms with E-state index in [0.29, 0.717) is 35.4 Å². The van der Waals surface area contributed by atoms with Crippen LogP contribution in [0.5, 0.6) is 5.75 Å². The van der Waals surface area contributed by atoms with Crippen LogP contribution in [0.1, 0.15) is 83.9 Å². The minimum absolute atomic E-state index is 0.144. The number of hydrogen-bond acceptors (Lipinski definition) is 10. The summed E-state index contributed by atoms with van der Waals surface area (Å²) in [5, 5.41) is 13.9. The van der Waals surface area contributed by atoms with Gasteiger partial charge in [0.15, 0.2) is 11.9 Å². The zero-order valence-corrected chi connectivity index (χ0v) is 26.5. The quantitative estimate of drug-likeness (QED) is 0.163. The Morgan fingerprint density at radius 2 is 1.95 bits per heavy atom. The molecule has 3 aromatic rings. The lowest BCUT2D eigenvalue weighted by atomic mass is 9.98. The Balaban J connectivity index is 1.33. The van der Waals surface area contributed by atoms with E-state index in [4.69, 9.17) is 24.3 Å². The van der Waals surface area contributed by atoms with Gasteiger partial charge in [0.2, 0.25) is 0 Å². The second-order valence-corrected chi connectivity index (χ2v) is 13.3. The van der Waals surface area contributed by atoms with Crippen molar-refractivity contribution < 1.29 is 33.0 Å². The first-order valence-corrected chi connectivity index (χ1v) is 17.2. The molecule has 13 heteroatoms. The van der Waals surface area contributed by atoms with Crippen molar-refractivity contribution in [1.82, 2.24) is 19.6 Å². The third-order valence-corrected chi connectivity index (χ3v) is 9.98. The van der Waals surface area contributed by atoms with Crippen LogP contribution in [0.3, 0.4) is 0 Å². The number of ether oxygens (including phenoxy) is 2. The number of nitrogens with two attached hydrogens (primary N) is 1. The van der Waals surface area contributed by atoms with Crippen LogP contribution in [-0.4, -0.2) is 56.1 Å². The molecule has 1 aromatic carbocycles. The Labute approximate surface area is 258 Å². The molecule has 4 N–H and O–H groups in total. The van der Waals surface area contributed by atoms with Crippen molar-refractivity contribution in [2.75, 3.05) is 5.73 Å². The van der Waals surface area contributed by atoms with E-state index in [0.717, 1.165) is 44.1 Å². The number of aliphatic hydroxyl groups is 1. The first kappa shape index (κ1) is 32.4. The molecule has 44 heavy (non-hydrogen) atoms. The molecular formula is C31H44N5O7P. The van der Waals surface area contributed by atoms with Crippen LogP contribution < -0.4 is 15.3 Å². The summed E-state index contributed by atoms with van der Waals surface area (Å²) in [6, 6.07) is 7.75. The van der Waals surface area contributed by atoms with Gasteiger partial charge < -0.3 is 24.8 Å². The van der Waals surface area contributed by atoms with Crippen molar-refractivity contribution in [1.29, 1.82) is 0 Å². The molecule has 240 valence electrons. The van der Waals surface area contributed by atoms with E-state index in [1.807, 2.05) is 19.9 Å². The summed E-state index contributed by atoms with van der Waals surface area (Å²) in [6.07, 6.45) is 6.70. The van der Waals surface area contributed by atoms with Crippen molar-refractivity contribution in [3.05, 3.63) is 48.4 Å². The number of fused-ring (bicyclic) bond motifs is 1. The van der Waals surface area contributed by atoms with E-state index in [1.165, 1.54) is 0 Å². The molecule has 2 fully saturated rings. The van der Waals surface area contributed by atoms with E-state index < -0.39 is 44.3 Å². The average Bonchev–Trinajstić information content (AvgIpc) is 3.62. The second-order valence-electron chi connectivity index (χ2n) is 11.6. The van der Waals surface area contributed by atoms with Gasteiger partial charge >= 0.3 is 13.7 Å². The number of imidazole rings is 1. The maximum atomic E-state index is 14.4. The number of aryl methyl sites for hydroxylation is 1. The lowest BCUT2D eigenvalue weighted by Gasteiger charge is -2.30. The summed E-state index contributed by atoms with van der Waals surface area (Å²) in [5.41, 5.74) is 8.77. The number of hydrogen-bond donors (Lipinski definition) is 3. The zero-order valence-electron chi connectivity index (χ0n) is 25.6. The monoisotopic (exact) mass is 629 g/mol. The molecule has 6 atom stereocenters. The van der Waals surface area contributed by atoms with Crippen molar-refractivity contribution in [3.63, 3.8) is 0 Å². The van der Waals surface area contributed by atoms with Gasteiger partial charge in [-0.1, -0.05) is 44.9 Å². The van der Waals surface area contributed by atoms with Crippen LogP contribution >= 0.6 is 7.75 Å². The Bertz CT molecular complexity index is 1450. The van der Waals surface area contributed by atoms with Crippen LogP contribution in [0, 0.1) is 0 Å². The van der Waals surface area contributed by atoms with Gasteiger partial charge in [-0.15, -0.1) is 0 Å². The smallest absolute Gasteiger partial charge is 0.459 e. The van der Waals surface area contributed by atoms with Crippen molar-refractivity contribution >= 4 is 30.6 Å². The van der Waals surface area contributed by atoms with E-state index >= 15 is 0 Å². The van der Waals surface area contributed by atoms with Gasteiger partial charge in [-0.05, 0) is 63.1 Å². The number of aliphatic hydroxyl groups excluding tert-OH is 1. The summed E-state index contributed by atoms with van der Waals surface area (Å²) < 4.78 is 40.1. The molecule has 2 aliphatic rings. The highest BCUT2D eigenvalue weighted by molar-refractivity contribution is 7.52. The molecular weight excluding hydrogens is 585 g/mol. The second kappa shape index (κ2) is 14.4. The molecule has 0 spiro atoms. The Morgan fingerprint density at radius 1 is 1.20 bits per heavy atom.